The van der Waals surface area contributed by atoms with Gasteiger partial charge in [-0.2, -0.15) is 0 Å². The average molecular weight is 238 g/mol. The van der Waals surface area contributed by atoms with Crippen molar-refractivity contribution in [2.24, 2.45) is 0 Å². The molecule has 0 heterocycles. The largest absolute Gasteiger partial charge is 0.507 e. The van der Waals surface area contributed by atoms with E-state index in [-0.39, 0.29) is 11.5 Å². The summed E-state index contributed by atoms with van der Waals surface area (Å²) in [5, 5.41) is 9.66. The second kappa shape index (κ2) is 5.32. The highest BCUT2D eigenvalue weighted by Gasteiger charge is 2.08. The monoisotopic (exact) mass is 238 g/mol. The van der Waals surface area contributed by atoms with Crippen LogP contribution in [0.3, 0.4) is 0 Å². The zero-order chi connectivity index (χ0) is 13.0. The molecule has 90 valence electrons. The van der Waals surface area contributed by atoms with Crippen LogP contribution >= 0.6 is 0 Å². The van der Waals surface area contributed by atoms with Crippen LogP contribution in [0.5, 0.6) is 5.75 Å². The molecule has 0 aliphatic heterocycles. The Morgan fingerprint density at radius 1 is 1.00 bits per heavy atom. The average Bonchev–Trinajstić information content (AvgIpc) is 2.41. The topological polar surface area (TPSA) is 37.3 Å². The van der Waals surface area contributed by atoms with E-state index in [2.05, 4.69) is 0 Å². The van der Waals surface area contributed by atoms with Gasteiger partial charge in [-0.05, 0) is 24.6 Å². The SMILES string of the molecule is C/C(=C\c1ccccc1O)C(=O)c1ccccc1. The molecule has 0 fully saturated rings. The van der Waals surface area contributed by atoms with Crippen LogP contribution in [0.4, 0.5) is 0 Å². The predicted octanol–water partition coefficient (Wildman–Crippen LogP) is 3.68. The van der Waals surface area contributed by atoms with E-state index in [1.165, 1.54) is 0 Å². The van der Waals surface area contributed by atoms with Crippen molar-refractivity contribution in [2.45, 2.75) is 6.92 Å². The van der Waals surface area contributed by atoms with Crippen LogP contribution in [0.15, 0.2) is 60.2 Å². The number of phenolic OH excluding ortho intramolecular Hbond substituents is 1. The van der Waals surface area contributed by atoms with Crippen molar-refractivity contribution in [3.05, 3.63) is 71.3 Å². The number of phenols is 1. The summed E-state index contributed by atoms with van der Waals surface area (Å²) >= 11 is 0. The summed E-state index contributed by atoms with van der Waals surface area (Å²) in [5.41, 5.74) is 1.91. The van der Waals surface area contributed by atoms with Gasteiger partial charge in [0.2, 0.25) is 0 Å². The van der Waals surface area contributed by atoms with Crippen LogP contribution in [-0.2, 0) is 0 Å². The molecule has 0 aromatic heterocycles. The van der Waals surface area contributed by atoms with Crippen molar-refractivity contribution in [1.29, 1.82) is 0 Å². The van der Waals surface area contributed by atoms with Gasteiger partial charge in [0.25, 0.3) is 0 Å². The van der Waals surface area contributed by atoms with Crippen molar-refractivity contribution in [3.63, 3.8) is 0 Å². The van der Waals surface area contributed by atoms with Crippen molar-refractivity contribution in [1.82, 2.24) is 0 Å². The minimum absolute atomic E-state index is 0.0288. The van der Waals surface area contributed by atoms with Gasteiger partial charge in [-0.15, -0.1) is 0 Å². The molecule has 0 saturated heterocycles. The third-order valence-corrected chi connectivity index (χ3v) is 2.70. The number of para-hydroxylation sites is 1. The molecule has 0 amide bonds. The molecule has 2 rings (SSSR count). The summed E-state index contributed by atoms with van der Waals surface area (Å²) in [6.07, 6.45) is 1.70. The van der Waals surface area contributed by atoms with Crippen molar-refractivity contribution in [2.75, 3.05) is 0 Å². The van der Waals surface area contributed by atoms with E-state index < -0.39 is 0 Å². The van der Waals surface area contributed by atoms with Crippen molar-refractivity contribution >= 4 is 11.9 Å². The fourth-order valence-electron chi connectivity index (χ4n) is 1.73. The molecule has 1 N–H and O–H groups in total. The van der Waals surface area contributed by atoms with Gasteiger partial charge >= 0.3 is 0 Å². The molecule has 0 aliphatic rings. The Morgan fingerprint density at radius 2 is 1.61 bits per heavy atom. The Morgan fingerprint density at radius 3 is 2.28 bits per heavy atom. The maximum absolute atomic E-state index is 12.1. The lowest BCUT2D eigenvalue weighted by atomic mass is 10.0. The second-order valence-electron chi connectivity index (χ2n) is 4.08. The van der Waals surface area contributed by atoms with E-state index in [0.29, 0.717) is 16.7 Å². The summed E-state index contributed by atoms with van der Waals surface area (Å²) in [5.74, 6) is 0.150. The lowest BCUT2D eigenvalue weighted by molar-refractivity contribution is 0.103. The first-order valence-electron chi connectivity index (χ1n) is 5.74. The standard InChI is InChI=1S/C16H14O2/c1-12(11-14-9-5-6-10-15(14)17)16(18)13-7-3-2-4-8-13/h2-11,17H,1H3/b12-11+. The highest BCUT2D eigenvalue weighted by molar-refractivity contribution is 6.10. The van der Waals surface area contributed by atoms with Gasteiger partial charge in [-0.3, -0.25) is 4.79 Å². The van der Waals surface area contributed by atoms with Crippen molar-refractivity contribution < 1.29 is 9.90 Å². The minimum Gasteiger partial charge on any atom is -0.507 e. The molecule has 0 aliphatic carbocycles. The number of benzene rings is 2. The fraction of sp³-hybridized carbons (Fsp3) is 0.0625. The van der Waals surface area contributed by atoms with Crippen LogP contribution in [0, 0.1) is 0 Å². The summed E-state index contributed by atoms with van der Waals surface area (Å²) < 4.78 is 0. The minimum atomic E-state index is -0.0288. The van der Waals surface area contributed by atoms with Crippen molar-refractivity contribution in [3.8, 4) is 5.75 Å². The first-order valence-corrected chi connectivity index (χ1v) is 5.74. The number of ketones is 1. The van der Waals surface area contributed by atoms with Crippen LogP contribution in [0.2, 0.25) is 0 Å². The van der Waals surface area contributed by atoms with Gasteiger partial charge in [0.15, 0.2) is 5.78 Å². The highest BCUT2D eigenvalue weighted by atomic mass is 16.3. The van der Waals surface area contributed by atoms with E-state index in [1.807, 2.05) is 24.3 Å². The third-order valence-electron chi connectivity index (χ3n) is 2.70. The van der Waals surface area contributed by atoms with E-state index in [4.69, 9.17) is 0 Å². The maximum atomic E-state index is 12.1. The number of Topliss-reactive ketones (excluding diaryl/α,β-unsaturated/α-hetero) is 1. The lowest BCUT2D eigenvalue weighted by Gasteiger charge is -2.02. The zero-order valence-electron chi connectivity index (χ0n) is 10.1. The summed E-state index contributed by atoms with van der Waals surface area (Å²) in [4.78, 5) is 12.1. The molecule has 2 heteroatoms. The summed E-state index contributed by atoms with van der Waals surface area (Å²) in [6.45, 7) is 1.75. The Bertz CT molecular complexity index is 583. The zero-order valence-corrected chi connectivity index (χ0v) is 10.1. The molecular weight excluding hydrogens is 224 g/mol. The van der Waals surface area contributed by atoms with E-state index in [0.717, 1.165) is 0 Å². The number of allylic oxidation sites excluding steroid dienone is 1. The van der Waals surface area contributed by atoms with Crippen LogP contribution in [-0.4, -0.2) is 10.9 Å². The molecular formula is C16H14O2. The molecule has 2 nitrogen and oxygen atoms in total. The van der Waals surface area contributed by atoms with Gasteiger partial charge in [0.1, 0.15) is 5.75 Å². The summed E-state index contributed by atoms with van der Waals surface area (Å²) in [7, 11) is 0. The lowest BCUT2D eigenvalue weighted by Crippen LogP contribution is -1.99. The molecule has 0 saturated carbocycles. The maximum Gasteiger partial charge on any atom is 0.188 e. The normalized spacial score (nSPS) is 11.3. The third kappa shape index (κ3) is 2.66. The van der Waals surface area contributed by atoms with Crippen LogP contribution in [0.25, 0.3) is 6.08 Å². The Kier molecular flexibility index (Phi) is 3.58. The molecule has 0 bridgehead atoms. The van der Waals surface area contributed by atoms with Crippen LogP contribution in [0.1, 0.15) is 22.8 Å². The van der Waals surface area contributed by atoms with Gasteiger partial charge in [-0.25, -0.2) is 0 Å². The molecule has 18 heavy (non-hydrogen) atoms. The van der Waals surface area contributed by atoms with Gasteiger partial charge in [0.05, 0.1) is 0 Å². The van der Waals surface area contributed by atoms with E-state index >= 15 is 0 Å². The van der Waals surface area contributed by atoms with E-state index in [9.17, 15) is 9.90 Å². The number of carbonyl (C=O) groups excluding carboxylic acids is 1. The molecule has 0 unspecified atom stereocenters. The highest BCUT2D eigenvalue weighted by Crippen LogP contribution is 2.20. The number of carbonyl (C=O) groups is 1. The quantitative estimate of drug-likeness (QED) is 0.654. The first-order chi connectivity index (χ1) is 8.68. The predicted molar refractivity (Wildman–Crippen MR) is 72.5 cm³/mol. The summed E-state index contributed by atoms with van der Waals surface area (Å²) in [6, 6.07) is 16.1. The van der Waals surface area contributed by atoms with Gasteiger partial charge in [-0.1, -0.05) is 48.5 Å². The second-order valence-corrected chi connectivity index (χ2v) is 4.08. The molecule has 0 spiro atoms. The van der Waals surface area contributed by atoms with E-state index in [1.54, 1.807) is 43.3 Å². The molecule has 0 atom stereocenters. The first kappa shape index (κ1) is 12.1. The Labute approximate surface area is 106 Å². The van der Waals surface area contributed by atoms with Gasteiger partial charge in [0, 0.05) is 11.1 Å². The Balaban J connectivity index is 2.30. The van der Waals surface area contributed by atoms with Crippen LogP contribution < -0.4 is 0 Å². The number of rotatable bonds is 3. The Hall–Kier alpha value is -2.35. The number of hydrogen-bond acceptors (Lipinski definition) is 2. The smallest absolute Gasteiger partial charge is 0.188 e. The molecule has 2 aromatic rings. The number of aromatic hydroxyl groups is 1. The van der Waals surface area contributed by atoms with Gasteiger partial charge < -0.3 is 5.11 Å². The molecule has 2 aromatic carbocycles. The fourth-order valence-corrected chi connectivity index (χ4v) is 1.73. The number of hydrogen-bond donors (Lipinski definition) is 1. The molecule has 0 radical (unpaired) electrons.